The van der Waals surface area contributed by atoms with Crippen molar-refractivity contribution in [3.8, 4) is 5.75 Å². The Morgan fingerprint density at radius 3 is 2.52 bits per heavy atom. The maximum atomic E-state index is 13.2. The van der Waals surface area contributed by atoms with Crippen molar-refractivity contribution < 1.29 is 23.5 Å². The number of aryl methyl sites for hydroxylation is 2. The maximum Gasteiger partial charge on any atom is 0.336 e. The summed E-state index contributed by atoms with van der Waals surface area (Å²) in [5, 5.41) is 3.29. The van der Waals surface area contributed by atoms with Crippen LogP contribution in [0, 0.1) is 19.7 Å². The highest BCUT2D eigenvalue weighted by Crippen LogP contribution is 2.44. The third kappa shape index (κ3) is 4.42. The van der Waals surface area contributed by atoms with Gasteiger partial charge in [0.25, 0.3) is 0 Å². The SMILES string of the molecule is COC(=O)C1=C(C)NC2=C(C(=O)CCC2)C1c1cc(COc2ccc(F)cc2)c(C)cc1C. The second-order valence-electron chi connectivity index (χ2n) is 8.64. The number of ketones is 1. The first kappa shape index (κ1) is 22.8. The summed E-state index contributed by atoms with van der Waals surface area (Å²) in [6.07, 6.45) is 2.03. The lowest BCUT2D eigenvalue weighted by molar-refractivity contribution is -0.136. The van der Waals surface area contributed by atoms with Gasteiger partial charge in [-0.15, -0.1) is 0 Å². The van der Waals surface area contributed by atoms with Gasteiger partial charge in [-0.2, -0.15) is 0 Å². The Balaban J connectivity index is 1.78. The molecular formula is C27H28FNO4. The molecule has 4 rings (SSSR count). The minimum Gasteiger partial charge on any atom is -0.489 e. The average Bonchev–Trinajstić information content (AvgIpc) is 2.78. The van der Waals surface area contributed by atoms with Crippen molar-refractivity contribution in [2.45, 2.75) is 52.6 Å². The van der Waals surface area contributed by atoms with Gasteiger partial charge in [-0.05, 0) is 80.1 Å². The summed E-state index contributed by atoms with van der Waals surface area (Å²) in [5.41, 5.74) is 6.58. The van der Waals surface area contributed by atoms with Crippen LogP contribution in [0.15, 0.2) is 58.9 Å². The number of hydrogen-bond donors (Lipinski definition) is 1. The predicted octanol–water partition coefficient (Wildman–Crippen LogP) is 5.16. The van der Waals surface area contributed by atoms with Crippen LogP contribution in [0.1, 0.15) is 54.4 Å². The Morgan fingerprint density at radius 1 is 1.09 bits per heavy atom. The van der Waals surface area contributed by atoms with Crippen LogP contribution in [-0.2, 0) is 20.9 Å². The van der Waals surface area contributed by atoms with E-state index in [0.29, 0.717) is 29.0 Å². The number of dihydropyridines is 1. The number of esters is 1. The number of ether oxygens (including phenoxy) is 2. The molecule has 1 aliphatic carbocycles. The molecule has 0 amide bonds. The topological polar surface area (TPSA) is 64.6 Å². The van der Waals surface area contributed by atoms with Crippen LogP contribution in [-0.4, -0.2) is 18.9 Å². The average molecular weight is 450 g/mol. The van der Waals surface area contributed by atoms with E-state index in [4.69, 9.17) is 9.47 Å². The fraction of sp³-hybridized carbons (Fsp3) is 0.333. The summed E-state index contributed by atoms with van der Waals surface area (Å²) in [6.45, 7) is 6.13. The summed E-state index contributed by atoms with van der Waals surface area (Å²) < 4.78 is 24.2. The van der Waals surface area contributed by atoms with E-state index in [0.717, 1.165) is 40.8 Å². The quantitative estimate of drug-likeness (QED) is 0.639. The first-order chi connectivity index (χ1) is 15.8. The molecular weight excluding hydrogens is 421 g/mol. The van der Waals surface area contributed by atoms with E-state index in [1.54, 1.807) is 12.1 Å². The lowest BCUT2D eigenvalue weighted by atomic mass is 9.73. The van der Waals surface area contributed by atoms with E-state index in [1.165, 1.54) is 19.2 Å². The fourth-order valence-electron chi connectivity index (χ4n) is 4.75. The minimum absolute atomic E-state index is 0.0618. The number of halogens is 1. The smallest absolute Gasteiger partial charge is 0.336 e. The van der Waals surface area contributed by atoms with Crippen LogP contribution < -0.4 is 10.1 Å². The molecule has 172 valence electrons. The third-order valence-corrected chi connectivity index (χ3v) is 6.42. The highest BCUT2D eigenvalue weighted by molar-refractivity contribution is 6.03. The van der Waals surface area contributed by atoms with Crippen LogP contribution >= 0.6 is 0 Å². The number of Topliss-reactive ketones (excluding diaryl/α,β-unsaturated/α-hetero) is 1. The molecule has 2 aromatic carbocycles. The van der Waals surface area contributed by atoms with E-state index in [9.17, 15) is 14.0 Å². The Kier molecular flexibility index (Phi) is 6.36. The van der Waals surface area contributed by atoms with Crippen LogP contribution in [0.25, 0.3) is 0 Å². The van der Waals surface area contributed by atoms with Gasteiger partial charge in [0, 0.05) is 29.3 Å². The van der Waals surface area contributed by atoms with Gasteiger partial charge in [0.1, 0.15) is 18.2 Å². The van der Waals surface area contributed by atoms with Crippen LogP contribution in [0.4, 0.5) is 4.39 Å². The molecule has 0 aromatic heterocycles. The molecule has 2 aliphatic rings. The number of rotatable bonds is 5. The van der Waals surface area contributed by atoms with Gasteiger partial charge in [0.05, 0.1) is 12.7 Å². The molecule has 1 heterocycles. The number of methoxy groups -OCH3 is 1. The van der Waals surface area contributed by atoms with Crippen LogP contribution in [0.3, 0.4) is 0 Å². The lowest BCUT2D eigenvalue weighted by Crippen LogP contribution is -2.34. The number of nitrogens with one attached hydrogen (secondary N) is 1. The van der Waals surface area contributed by atoms with Crippen molar-refractivity contribution in [3.63, 3.8) is 0 Å². The summed E-state index contributed by atoms with van der Waals surface area (Å²) in [5.74, 6) is -0.628. The van der Waals surface area contributed by atoms with E-state index in [2.05, 4.69) is 11.4 Å². The second kappa shape index (κ2) is 9.22. The van der Waals surface area contributed by atoms with Gasteiger partial charge in [-0.3, -0.25) is 4.79 Å². The first-order valence-corrected chi connectivity index (χ1v) is 11.1. The van der Waals surface area contributed by atoms with Crippen molar-refractivity contribution in [2.24, 2.45) is 0 Å². The molecule has 1 unspecified atom stereocenters. The molecule has 0 radical (unpaired) electrons. The number of allylic oxidation sites excluding steroid dienone is 3. The van der Waals surface area contributed by atoms with E-state index in [-0.39, 0.29) is 18.2 Å². The van der Waals surface area contributed by atoms with Gasteiger partial charge < -0.3 is 14.8 Å². The first-order valence-electron chi connectivity index (χ1n) is 11.1. The van der Waals surface area contributed by atoms with E-state index < -0.39 is 11.9 Å². The summed E-state index contributed by atoms with van der Waals surface area (Å²) in [6, 6.07) is 9.97. The monoisotopic (exact) mass is 449 g/mol. The highest BCUT2D eigenvalue weighted by atomic mass is 19.1. The molecule has 0 saturated carbocycles. The predicted molar refractivity (Wildman–Crippen MR) is 123 cm³/mol. The van der Waals surface area contributed by atoms with Gasteiger partial charge in [-0.1, -0.05) is 12.1 Å². The molecule has 0 bridgehead atoms. The summed E-state index contributed by atoms with van der Waals surface area (Å²) >= 11 is 0. The molecule has 6 heteroatoms. The maximum absolute atomic E-state index is 13.2. The Bertz CT molecular complexity index is 1180. The van der Waals surface area contributed by atoms with Crippen molar-refractivity contribution in [3.05, 3.63) is 87.0 Å². The van der Waals surface area contributed by atoms with Crippen molar-refractivity contribution in [1.82, 2.24) is 5.32 Å². The highest BCUT2D eigenvalue weighted by Gasteiger charge is 2.39. The van der Waals surface area contributed by atoms with Crippen molar-refractivity contribution >= 4 is 11.8 Å². The zero-order valence-electron chi connectivity index (χ0n) is 19.4. The molecule has 2 aromatic rings. The molecule has 0 fully saturated rings. The fourth-order valence-corrected chi connectivity index (χ4v) is 4.75. The van der Waals surface area contributed by atoms with Gasteiger partial charge in [0.2, 0.25) is 0 Å². The zero-order chi connectivity index (χ0) is 23.7. The molecule has 0 spiro atoms. The minimum atomic E-state index is -0.494. The zero-order valence-corrected chi connectivity index (χ0v) is 19.4. The molecule has 5 nitrogen and oxygen atoms in total. The standard InChI is InChI=1S/C27H28FNO4/c1-15-12-16(2)21(13-18(15)14-33-20-10-8-19(28)9-11-20)25-24(27(31)32-4)17(3)29-22-6-5-7-23(30)26(22)25/h8-13,25,29H,5-7,14H2,1-4H3. The number of hydrogen-bond acceptors (Lipinski definition) is 5. The normalized spacial score (nSPS) is 18.1. The molecule has 33 heavy (non-hydrogen) atoms. The van der Waals surface area contributed by atoms with E-state index >= 15 is 0 Å². The van der Waals surface area contributed by atoms with Crippen molar-refractivity contribution in [1.29, 1.82) is 0 Å². The number of carbonyl (C=O) groups excluding carboxylic acids is 2. The van der Waals surface area contributed by atoms with Gasteiger partial charge >= 0.3 is 5.97 Å². The van der Waals surface area contributed by atoms with E-state index in [1.807, 2.05) is 26.8 Å². The number of carbonyl (C=O) groups is 2. The largest absolute Gasteiger partial charge is 0.489 e. The lowest BCUT2D eigenvalue weighted by Gasteiger charge is -2.35. The van der Waals surface area contributed by atoms with Gasteiger partial charge in [-0.25, -0.2) is 9.18 Å². The van der Waals surface area contributed by atoms with Crippen LogP contribution in [0.2, 0.25) is 0 Å². The second-order valence-corrected chi connectivity index (χ2v) is 8.64. The van der Waals surface area contributed by atoms with Crippen molar-refractivity contribution in [2.75, 3.05) is 7.11 Å². The Labute approximate surface area is 193 Å². The van der Waals surface area contributed by atoms with Gasteiger partial charge in [0.15, 0.2) is 5.78 Å². The summed E-state index contributed by atoms with van der Waals surface area (Å²) in [7, 11) is 1.36. The van der Waals surface area contributed by atoms with Crippen LogP contribution in [0.5, 0.6) is 5.75 Å². The number of benzene rings is 2. The molecule has 1 atom stereocenters. The molecule has 1 aliphatic heterocycles. The molecule has 0 saturated heterocycles. The Morgan fingerprint density at radius 2 is 1.82 bits per heavy atom. The third-order valence-electron chi connectivity index (χ3n) is 6.42. The molecule has 1 N–H and O–H groups in total. The Hall–Kier alpha value is -3.41. The summed E-state index contributed by atoms with van der Waals surface area (Å²) in [4.78, 5) is 25.9.